The summed E-state index contributed by atoms with van der Waals surface area (Å²) >= 11 is 1.34. The summed E-state index contributed by atoms with van der Waals surface area (Å²) in [6.07, 6.45) is 3.01. The Hall–Kier alpha value is -2.15. The molecule has 0 unspecified atom stereocenters. The summed E-state index contributed by atoms with van der Waals surface area (Å²) in [4.78, 5) is 28.0. The number of hydrogen-bond acceptors (Lipinski definition) is 5. The van der Waals surface area contributed by atoms with E-state index >= 15 is 0 Å². The van der Waals surface area contributed by atoms with Crippen molar-refractivity contribution in [2.75, 3.05) is 13.6 Å². The molecule has 19 heavy (non-hydrogen) atoms. The number of thiazole rings is 1. The van der Waals surface area contributed by atoms with Gasteiger partial charge in [-0.2, -0.15) is 0 Å². The maximum Gasteiger partial charge on any atom is 0.305 e. The predicted octanol–water partition coefficient (Wildman–Crippen LogP) is 1.95. The van der Waals surface area contributed by atoms with Crippen molar-refractivity contribution in [1.82, 2.24) is 9.88 Å². The van der Waals surface area contributed by atoms with Crippen LogP contribution in [-0.2, 0) is 4.79 Å². The second-order valence-electron chi connectivity index (χ2n) is 3.92. The molecule has 0 aromatic carbocycles. The number of carboxylic acid groups (broad SMARTS) is 1. The Bertz CT molecular complexity index is 576. The summed E-state index contributed by atoms with van der Waals surface area (Å²) in [5.41, 5.74) is 1.13. The highest BCUT2D eigenvalue weighted by Gasteiger charge is 2.17. The molecule has 2 heterocycles. The number of carbonyl (C=O) groups is 2. The van der Waals surface area contributed by atoms with Crippen molar-refractivity contribution in [3.63, 3.8) is 0 Å². The second-order valence-corrected chi connectivity index (χ2v) is 4.78. The Morgan fingerprint density at radius 1 is 1.53 bits per heavy atom. The van der Waals surface area contributed by atoms with E-state index in [0.29, 0.717) is 10.7 Å². The van der Waals surface area contributed by atoms with Crippen molar-refractivity contribution in [3.05, 3.63) is 29.7 Å². The quantitative estimate of drug-likeness (QED) is 0.905. The minimum atomic E-state index is -0.933. The average Bonchev–Trinajstić information content (AvgIpc) is 3.04. The van der Waals surface area contributed by atoms with E-state index in [-0.39, 0.29) is 18.9 Å². The molecule has 0 aliphatic rings. The molecule has 100 valence electrons. The van der Waals surface area contributed by atoms with Gasteiger partial charge in [-0.1, -0.05) is 0 Å². The van der Waals surface area contributed by atoms with E-state index in [1.54, 1.807) is 24.8 Å². The van der Waals surface area contributed by atoms with E-state index in [1.807, 2.05) is 0 Å². The molecule has 0 fully saturated rings. The Morgan fingerprint density at radius 2 is 2.32 bits per heavy atom. The summed E-state index contributed by atoms with van der Waals surface area (Å²) in [7, 11) is 1.56. The SMILES string of the molecule is CN(CCC(=O)O)C(=O)c1csc(-c2ccoc2)n1. The molecule has 1 amide bonds. The lowest BCUT2D eigenvalue weighted by Gasteiger charge is -2.13. The first-order chi connectivity index (χ1) is 9.08. The topological polar surface area (TPSA) is 83.6 Å². The largest absolute Gasteiger partial charge is 0.481 e. The van der Waals surface area contributed by atoms with Crippen LogP contribution in [0.15, 0.2) is 28.4 Å². The summed E-state index contributed by atoms with van der Waals surface area (Å²) in [6.45, 7) is 0.159. The van der Waals surface area contributed by atoms with Gasteiger partial charge in [0.25, 0.3) is 5.91 Å². The molecule has 0 spiro atoms. The molecule has 2 aromatic rings. The van der Waals surface area contributed by atoms with Crippen molar-refractivity contribution in [3.8, 4) is 10.6 Å². The van der Waals surface area contributed by atoms with Gasteiger partial charge in [0.15, 0.2) is 0 Å². The molecule has 7 heteroatoms. The van der Waals surface area contributed by atoms with Gasteiger partial charge >= 0.3 is 5.97 Å². The molecule has 0 atom stereocenters. The van der Waals surface area contributed by atoms with Gasteiger partial charge < -0.3 is 14.4 Å². The van der Waals surface area contributed by atoms with E-state index < -0.39 is 5.97 Å². The molecular weight excluding hydrogens is 268 g/mol. The van der Waals surface area contributed by atoms with Crippen molar-refractivity contribution in [2.24, 2.45) is 0 Å². The van der Waals surface area contributed by atoms with E-state index in [2.05, 4.69) is 4.98 Å². The molecular formula is C12H12N2O4S. The number of carbonyl (C=O) groups excluding carboxylic acids is 1. The number of nitrogens with zero attached hydrogens (tertiary/aromatic N) is 2. The minimum Gasteiger partial charge on any atom is -0.481 e. The van der Waals surface area contributed by atoms with Crippen LogP contribution in [0.5, 0.6) is 0 Å². The molecule has 1 N–H and O–H groups in total. The number of aromatic nitrogens is 1. The molecule has 2 rings (SSSR count). The van der Waals surface area contributed by atoms with Crippen molar-refractivity contribution in [2.45, 2.75) is 6.42 Å². The van der Waals surface area contributed by atoms with Crippen molar-refractivity contribution < 1.29 is 19.1 Å². The standard InChI is InChI=1S/C12H12N2O4S/c1-14(4-2-10(15)16)12(17)9-7-19-11(13-9)8-3-5-18-6-8/h3,5-7H,2,4H2,1H3,(H,15,16). The Morgan fingerprint density at radius 3 is 2.95 bits per heavy atom. The average molecular weight is 280 g/mol. The van der Waals surface area contributed by atoms with Gasteiger partial charge in [0, 0.05) is 24.5 Å². The molecule has 0 saturated heterocycles. The minimum absolute atomic E-state index is 0.0824. The second kappa shape index (κ2) is 5.66. The van der Waals surface area contributed by atoms with Crippen LogP contribution >= 0.6 is 11.3 Å². The summed E-state index contributed by atoms with van der Waals surface area (Å²) in [6, 6.07) is 1.77. The zero-order valence-electron chi connectivity index (χ0n) is 10.2. The van der Waals surface area contributed by atoms with E-state index in [0.717, 1.165) is 5.56 Å². The van der Waals surface area contributed by atoms with Crippen LogP contribution in [-0.4, -0.2) is 40.5 Å². The lowest BCUT2D eigenvalue weighted by Crippen LogP contribution is -2.29. The van der Waals surface area contributed by atoms with Crippen LogP contribution in [0.3, 0.4) is 0 Å². The number of aliphatic carboxylic acids is 1. The summed E-state index contributed by atoms with van der Waals surface area (Å²) < 4.78 is 4.96. The molecule has 0 radical (unpaired) electrons. The third-order valence-electron chi connectivity index (χ3n) is 2.50. The highest BCUT2D eigenvalue weighted by Crippen LogP contribution is 2.24. The van der Waals surface area contributed by atoms with E-state index in [4.69, 9.17) is 9.52 Å². The van der Waals surface area contributed by atoms with Crippen LogP contribution in [0, 0.1) is 0 Å². The monoisotopic (exact) mass is 280 g/mol. The van der Waals surface area contributed by atoms with Gasteiger partial charge in [-0.15, -0.1) is 11.3 Å². The van der Waals surface area contributed by atoms with Gasteiger partial charge in [0.1, 0.15) is 17.0 Å². The maximum atomic E-state index is 12.0. The third kappa shape index (κ3) is 3.19. The fourth-order valence-electron chi connectivity index (χ4n) is 1.45. The number of hydrogen-bond donors (Lipinski definition) is 1. The van der Waals surface area contributed by atoms with Gasteiger partial charge in [-0.05, 0) is 6.07 Å². The first kappa shape index (κ1) is 13.3. The molecule has 0 aliphatic heterocycles. The highest BCUT2D eigenvalue weighted by molar-refractivity contribution is 7.13. The van der Waals surface area contributed by atoms with E-state index in [1.165, 1.54) is 22.5 Å². The zero-order valence-corrected chi connectivity index (χ0v) is 11.0. The third-order valence-corrected chi connectivity index (χ3v) is 3.39. The molecule has 6 nitrogen and oxygen atoms in total. The van der Waals surface area contributed by atoms with Crippen LogP contribution in [0.25, 0.3) is 10.6 Å². The first-order valence-electron chi connectivity index (χ1n) is 5.53. The van der Waals surface area contributed by atoms with Crippen LogP contribution < -0.4 is 0 Å². The smallest absolute Gasteiger partial charge is 0.305 e. The van der Waals surface area contributed by atoms with Gasteiger partial charge in [0.05, 0.1) is 12.7 Å². The highest BCUT2D eigenvalue weighted by atomic mass is 32.1. The summed E-state index contributed by atoms with van der Waals surface area (Å²) in [5.74, 6) is -1.22. The Labute approximate surface area is 113 Å². The number of furan rings is 1. The molecule has 0 aliphatic carbocycles. The molecule has 2 aromatic heterocycles. The normalized spacial score (nSPS) is 10.4. The lowest BCUT2D eigenvalue weighted by atomic mass is 10.3. The van der Waals surface area contributed by atoms with E-state index in [9.17, 15) is 9.59 Å². The van der Waals surface area contributed by atoms with Crippen LogP contribution in [0.1, 0.15) is 16.9 Å². The van der Waals surface area contributed by atoms with Gasteiger partial charge in [-0.3, -0.25) is 9.59 Å². The Balaban J connectivity index is 2.06. The van der Waals surface area contributed by atoms with Crippen molar-refractivity contribution >= 4 is 23.2 Å². The fourth-order valence-corrected chi connectivity index (χ4v) is 2.23. The van der Waals surface area contributed by atoms with Crippen LogP contribution in [0.2, 0.25) is 0 Å². The fraction of sp³-hybridized carbons (Fsp3) is 0.250. The predicted molar refractivity (Wildman–Crippen MR) is 69.0 cm³/mol. The Kier molecular flexibility index (Phi) is 3.96. The van der Waals surface area contributed by atoms with Crippen molar-refractivity contribution in [1.29, 1.82) is 0 Å². The first-order valence-corrected chi connectivity index (χ1v) is 6.41. The summed E-state index contributed by atoms with van der Waals surface area (Å²) in [5, 5.41) is 10.9. The number of amides is 1. The number of rotatable bonds is 5. The molecule has 0 bridgehead atoms. The van der Waals surface area contributed by atoms with Gasteiger partial charge in [0.2, 0.25) is 0 Å². The lowest BCUT2D eigenvalue weighted by molar-refractivity contribution is -0.137. The molecule has 0 saturated carbocycles. The number of carboxylic acids is 1. The maximum absolute atomic E-state index is 12.0. The van der Waals surface area contributed by atoms with Crippen LogP contribution in [0.4, 0.5) is 0 Å². The zero-order chi connectivity index (χ0) is 13.8. The van der Waals surface area contributed by atoms with Gasteiger partial charge in [-0.25, -0.2) is 4.98 Å².